The Hall–Kier alpha value is -3.44. The number of aliphatic hydroxyl groups is 1. The summed E-state index contributed by atoms with van der Waals surface area (Å²) < 4.78 is 34.0. The number of halogens is 2. The molecule has 0 fully saturated rings. The smallest absolute Gasteiger partial charge is 0.335 e. The van der Waals surface area contributed by atoms with E-state index in [0.717, 1.165) is 11.1 Å². The molecule has 2 N–H and O–H groups in total. The lowest BCUT2D eigenvalue weighted by atomic mass is 9.91. The molecule has 12 heteroatoms. The maximum atomic E-state index is 13.3. The van der Waals surface area contributed by atoms with Crippen molar-refractivity contribution >= 4 is 50.9 Å². The molecule has 0 aliphatic carbocycles. The molecule has 0 spiro atoms. The van der Waals surface area contributed by atoms with Gasteiger partial charge in [0.1, 0.15) is 0 Å². The van der Waals surface area contributed by atoms with Crippen molar-refractivity contribution < 1.29 is 23.1 Å². The second-order valence-corrected chi connectivity index (χ2v) is 11.4. The highest BCUT2D eigenvalue weighted by Crippen LogP contribution is 2.29. The predicted octanol–water partition coefficient (Wildman–Crippen LogP) is 4.45. The van der Waals surface area contributed by atoms with Crippen LogP contribution in [0, 0.1) is 0 Å². The van der Waals surface area contributed by atoms with Gasteiger partial charge in [-0.3, -0.25) is 4.99 Å². The summed E-state index contributed by atoms with van der Waals surface area (Å²) in [7, 11) is -4.08. The Morgan fingerprint density at radius 1 is 1.07 bits per heavy atom. The molecule has 40 heavy (non-hydrogen) atoms. The van der Waals surface area contributed by atoms with E-state index >= 15 is 0 Å². The Bertz CT molecular complexity index is 1480. The third-order valence-electron chi connectivity index (χ3n) is 6.07. The van der Waals surface area contributed by atoms with Gasteiger partial charge in [-0.25, -0.2) is 22.9 Å². The van der Waals surface area contributed by atoms with E-state index in [9.17, 15) is 18.3 Å². The highest BCUT2D eigenvalue weighted by Gasteiger charge is 2.33. The maximum Gasteiger partial charge on any atom is 0.335 e. The normalized spacial score (nSPS) is 16.4. The highest BCUT2D eigenvalue weighted by atomic mass is 35.5. The van der Waals surface area contributed by atoms with Gasteiger partial charge in [0.25, 0.3) is 10.0 Å². The summed E-state index contributed by atoms with van der Waals surface area (Å²) in [6, 6.07) is 22.7. The van der Waals surface area contributed by atoms with Gasteiger partial charge in [-0.1, -0.05) is 65.7 Å². The zero-order valence-electron chi connectivity index (χ0n) is 21.6. The van der Waals surface area contributed by atoms with Crippen LogP contribution in [-0.2, 0) is 19.6 Å². The van der Waals surface area contributed by atoms with Crippen molar-refractivity contribution in [3.8, 4) is 0 Å². The molecule has 0 amide bonds. The summed E-state index contributed by atoms with van der Waals surface area (Å²) in [5.74, 6) is -1.04. The van der Waals surface area contributed by atoms with E-state index in [-0.39, 0.29) is 42.9 Å². The van der Waals surface area contributed by atoms with Crippen LogP contribution in [0.2, 0.25) is 10.0 Å². The number of esters is 1. The first-order valence-corrected chi connectivity index (χ1v) is 14.8. The zero-order chi connectivity index (χ0) is 28.7. The number of carbonyl (C=O) groups excluding carboxylic acids is 1. The number of aliphatic imine (C=N–C) groups is 1. The molecule has 3 aromatic carbocycles. The fourth-order valence-electron chi connectivity index (χ4n) is 4.07. The summed E-state index contributed by atoms with van der Waals surface area (Å²) in [6.45, 7) is 1.97. The quantitative estimate of drug-likeness (QED) is 0.212. The number of guanidine groups is 1. The number of ether oxygens (including phenoxy) is 1. The molecule has 0 saturated heterocycles. The van der Waals surface area contributed by atoms with Crippen LogP contribution in [0.1, 0.15) is 30.4 Å². The van der Waals surface area contributed by atoms with Gasteiger partial charge in [-0.2, -0.15) is 5.10 Å². The number of nitrogens with zero attached hydrogens (tertiary/aromatic N) is 3. The Labute approximate surface area is 243 Å². The molecule has 1 heterocycles. The molecule has 1 aliphatic heterocycles. The number of hydrogen-bond donors (Lipinski definition) is 2. The van der Waals surface area contributed by atoms with E-state index in [2.05, 4.69) is 9.71 Å². The molecule has 0 aromatic heterocycles. The Morgan fingerprint density at radius 3 is 2.33 bits per heavy atom. The topological polar surface area (TPSA) is 121 Å². The van der Waals surface area contributed by atoms with Gasteiger partial charge in [0.2, 0.25) is 5.96 Å². The molecule has 9 nitrogen and oxygen atoms in total. The van der Waals surface area contributed by atoms with E-state index in [1.54, 1.807) is 19.1 Å². The van der Waals surface area contributed by atoms with E-state index in [0.29, 0.717) is 15.8 Å². The molecule has 0 bridgehead atoms. The van der Waals surface area contributed by atoms with Crippen molar-refractivity contribution in [3.63, 3.8) is 0 Å². The monoisotopic (exact) mass is 602 g/mol. The van der Waals surface area contributed by atoms with Gasteiger partial charge < -0.3 is 9.84 Å². The van der Waals surface area contributed by atoms with E-state index in [4.69, 9.17) is 33.0 Å². The standard InChI is InChI=1S/C28H28Cl2N4O5S/c1-2-39-27(36)25(35)16-17-31-28(33-40(37,38)23-14-12-22(30)13-15-23)34-18-24(19-6-4-3-5-7-19)26(32-34)20-8-10-21(29)11-9-20/h3-15,24-25,35H,2,16-18H2,1H3,(H,31,33)/t24?,25-/m0/s1. The SMILES string of the molecule is CCOC(=O)[C@@H](O)CCN=C(NS(=O)(=O)c1ccc(Cl)cc1)N1CC(c2ccccc2)C(c2ccc(Cl)cc2)=N1. The predicted molar refractivity (Wildman–Crippen MR) is 155 cm³/mol. The van der Waals surface area contributed by atoms with Crippen molar-refractivity contribution in [2.45, 2.75) is 30.3 Å². The zero-order valence-corrected chi connectivity index (χ0v) is 23.9. The Kier molecular flexibility index (Phi) is 9.80. The number of nitrogens with one attached hydrogen (secondary N) is 1. The number of benzene rings is 3. The fourth-order valence-corrected chi connectivity index (χ4v) is 5.34. The summed E-state index contributed by atoms with van der Waals surface area (Å²) in [5.41, 5.74) is 2.50. The first kappa shape index (κ1) is 29.5. The van der Waals surface area contributed by atoms with Crippen LogP contribution in [0.15, 0.2) is 93.9 Å². The minimum absolute atomic E-state index is 0.0168. The van der Waals surface area contributed by atoms with Crippen LogP contribution >= 0.6 is 23.2 Å². The van der Waals surface area contributed by atoms with Crippen LogP contribution in [0.4, 0.5) is 0 Å². The van der Waals surface area contributed by atoms with Crippen molar-refractivity contribution in [3.05, 3.63) is 100 Å². The van der Waals surface area contributed by atoms with Crippen LogP contribution in [-0.4, -0.2) is 62.0 Å². The van der Waals surface area contributed by atoms with E-state index in [1.807, 2.05) is 42.5 Å². The van der Waals surface area contributed by atoms with Gasteiger partial charge in [0.15, 0.2) is 6.10 Å². The summed E-state index contributed by atoms with van der Waals surface area (Å²) in [5, 5.41) is 17.3. The van der Waals surface area contributed by atoms with Crippen molar-refractivity contribution in [1.82, 2.24) is 9.73 Å². The lowest BCUT2D eigenvalue weighted by Gasteiger charge is -2.20. The second-order valence-electron chi connectivity index (χ2n) is 8.86. The average molecular weight is 604 g/mol. The average Bonchev–Trinajstić information content (AvgIpc) is 3.39. The lowest BCUT2D eigenvalue weighted by Crippen LogP contribution is -2.41. The molecular weight excluding hydrogens is 575 g/mol. The van der Waals surface area contributed by atoms with E-state index < -0.39 is 22.1 Å². The summed E-state index contributed by atoms with van der Waals surface area (Å²) in [6.07, 6.45) is -1.48. The first-order chi connectivity index (χ1) is 19.2. The molecule has 1 unspecified atom stereocenters. The third-order valence-corrected chi connectivity index (χ3v) is 7.92. The first-order valence-electron chi connectivity index (χ1n) is 12.5. The molecular formula is C28H28Cl2N4O5S. The molecule has 4 rings (SSSR count). The van der Waals surface area contributed by atoms with Gasteiger partial charge in [-0.15, -0.1) is 0 Å². The molecule has 0 saturated carbocycles. The van der Waals surface area contributed by atoms with Gasteiger partial charge in [0, 0.05) is 28.9 Å². The number of hydrogen-bond acceptors (Lipinski definition) is 7. The van der Waals surface area contributed by atoms with Crippen LogP contribution in [0.3, 0.4) is 0 Å². The van der Waals surface area contributed by atoms with Gasteiger partial charge in [-0.05, 0) is 54.4 Å². The summed E-state index contributed by atoms with van der Waals surface area (Å²) >= 11 is 12.0. The molecule has 210 valence electrons. The molecule has 0 radical (unpaired) electrons. The van der Waals surface area contributed by atoms with Crippen LogP contribution in [0.25, 0.3) is 0 Å². The highest BCUT2D eigenvalue weighted by molar-refractivity contribution is 7.90. The number of aliphatic hydroxyl groups excluding tert-OH is 1. The molecule has 3 aromatic rings. The Morgan fingerprint density at radius 2 is 1.70 bits per heavy atom. The van der Waals surface area contributed by atoms with Crippen molar-refractivity contribution in [2.24, 2.45) is 10.1 Å². The maximum absolute atomic E-state index is 13.3. The van der Waals surface area contributed by atoms with E-state index in [1.165, 1.54) is 29.3 Å². The van der Waals surface area contributed by atoms with Crippen LogP contribution in [0.5, 0.6) is 0 Å². The largest absolute Gasteiger partial charge is 0.464 e. The number of hydrazone groups is 1. The van der Waals surface area contributed by atoms with Gasteiger partial charge >= 0.3 is 5.97 Å². The second kappa shape index (κ2) is 13.3. The van der Waals surface area contributed by atoms with Crippen molar-refractivity contribution in [1.29, 1.82) is 0 Å². The van der Waals surface area contributed by atoms with Crippen LogP contribution < -0.4 is 4.72 Å². The number of sulfonamides is 1. The fraction of sp³-hybridized carbons (Fsp3) is 0.250. The minimum atomic E-state index is -4.08. The van der Waals surface area contributed by atoms with Gasteiger partial charge in [0.05, 0.1) is 23.8 Å². The lowest BCUT2D eigenvalue weighted by molar-refractivity contribution is -0.153. The summed E-state index contributed by atoms with van der Waals surface area (Å²) in [4.78, 5) is 16.3. The third kappa shape index (κ3) is 7.39. The number of rotatable bonds is 9. The van der Waals surface area contributed by atoms with Crippen molar-refractivity contribution in [2.75, 3.05) is 19.7 Å². The molecule has 1 aliphatic rings. The minimum Gasteiger partial charge on any atom is -0.464 e. The molecule has 2 atom stereocenters. The number of carbonyl (C=O) groups is 1. The Balaban J connectivity index is 1.69.